The van der Waals surface area contributed by atoms with Gasteiger partial charge in [-0.25, -0.2) is 0 Å². The molecule has 1 saturated carbocycles. The van der Waals surface area contributed by atoms with Crippen LogP contribution < -0.4 is 10.6 Å². The van der Waals surface area contributed by atoms with Crippen LogP contribution in [0.4, 0.5) is 5.69 Å². The number of anilines is 1. The molecule has 2 aliphatic rings. The molecule has 1 aliphatic carbocycles. The highest BCUT2D eigenvalue weighted by atomic mass is 35.5. The normalized spacial score (nSPS) is 31.1. The molecule has 0 radical (unpaired) electrons. The van der Waals surface area contributed by atoms with Gasteiger partial charge in [0, 0.05) is 10.7 Å². The van der Waals surface area contributed by atoms with Crippen LogP contribution in [0.1, 0.15) is 26.2 Å². The Bertz CT molecular complexity index is 482. The van der Waals surface area contributed by atoms with Crippen LogP contribution in [0, 0.1) is 5.92 Å². The Hall–Kier alpha value is -1.22. The van der Waals surface area contributed by atoms with Gasteiger partial charge >= 0.3 is 0 Å². The van der Waals surface area contributed by atoms with Gasteiger partial charge in [0.15, 0.2) is 5.96 Å². The number of benzene rings is 1. The molecule has 1 aromatic rings. The van der Waals surface area contributed by atoms with Crippen LogP contribution in [0.3, 0.4) is 0 Å². The molecule has 1 fully saturated rings. The lowest BCUT2D eigenvalue weighted by Gasteiger charge is -2.36. The van der Waals surface area contributed by atoms with E-state index in [2.05, 4.69) is 16.8 Å². The van der Waals surface area contributed by atoms with E-state index in [9.17, 15) is 0 Å². The first-order chi connectivity index (χ1) is 8.61. The summed E-state index contributed by atoms with van der Waals surface area (Å²) >= 11 is 5.95. The van der Waals surface area contributed by atoms with Gasteiger partial charge in [-0.05, 0) is 49.4 Å². The topological polar surface area (TPSA) is 41.6 Å². The van der Waals surface area contributed by atoms with Gasteiger partial charge in [0.1, 0.15) is 0 Å². The zero-order valence-corrected chi connectivity index (χ0v) is 11.3. The Morgan fingerprint density at radius 3 is 2.72 bits per heavy atom. The van der Waals surface area contributed by atoms with Crippen molar-refractivity contribution in [3.63, 3.8) is 0 Å². The maximum atomic E-state index is 6.09. The summed E-state index contributed by atoms with van der Waals surface area (Å²) in [4.78, 5) is 6.69. The fraction of sp³-hybridized carbons (Fsp3) is 0.500. The molecule has 96 valence electrons. The minimum Gasteiger partial charge on any atom is -0.369 e. The molecule has 2 unspecified atom stereocenters. The van der Waals surface area contributed by atoms with Gasteiger partial charge in [0.05, 0.1) is 12.1 Å². The summed E-state index contributed by atoms with van der Waals surface area (Å²) in [5.41, 5.74) is 7.30. The molecule has 2 N–H and O–H groups in total. The van der Waals surface area contributed by atoms with Gasteiger partial charge in [-0.2, -0.15) is 0 Å². The van der Waals surface area contributed by atoms with Crippen LogP contribution in [0.2, 0.25) is 5.02 Å². The van der Waals surface area contributed by atoms with E-state index in [1.54, 1.807) is 0 Å². The smallest absolute Gasteiger partial charge is 0.196 e. The quantitative estimate of drug-likeness (QED) is 0.846. The van der Waals surface area contributed by atoms with Crippen molar-refractivity contribution in [3.05, 3.63) is 29.3 Å². The average Bonchev–Trinajstić information content (AvgIpc) is 2.86. The molecule has 1 heterocycles. The van der Waals surface area contributed by atoms with Crippen LogP contribution in [-0.4, -0.2) is 18.0 Å². The highest BCUT2D eigenvalue weighted by molar-refractivity contribution is 6.30. The number of halogens is 1. The second-order valence-corrected chi connectivity index (χ2v) is 6.00. The van der Waals surface area contributed by atoms with Crippen molar-refractivity contribution in [2.75, 3.05) is 11.4 Å². The minimum absolute atomic E-state index is 0.108. The van der Waals surface area contributed by atoms with Crippen molar-refractivity contribution >= 4 is 23.2 Å². The molecule has 3 nitrogen and oxygen atoms in total. The van der Waals surface area contributed by atoms with Gasteiger partial charge < -0.3 is 10.6 Å². The molecule has 0 bridgehead atoms. The third-order valence-electron chi connectivity index (χ3n) is 4.15. The molecular weight excluding hydrogens is 246 g/mol. The second kappa shape index (κ2) is 4.16. The van der Waals surface area contributed by atoms with E-state index in [0.29, 0.717) is 5.96 Å². The maximum absolute atomic E-state index is 6.09. The molecule has 1 aromatic carbocycles. The number of nitrogens with zero attached hydrogens (tertiary/aromatic N) is 2. The molecule has 18 heavy (non-hydrogen) atoms. The molecule has 4 heteroatoms. The van der Waals surface area contributed by atoms with E-state index in [1.807, 2.05) is 24.3 Å². The summed E-state index contributed by atoms with van der Waals surface area (Å²) in [7, 11) is 0. The van der Waals surface area contributed by atoms with Crippen LogP contribution in [0.15, 0.2) is 29.3 Å². The highest BCUT2D eigenvalue weighted by Crippen LogP contribution is 2.43. The molecule has 1 spiro atoms. The number of rotatable bonds is 1. The second-order valence-electron chi connectivity index (χ2n) is 5.56. The molecule has 2 atom stereocenters. The van der Waals surface area contributed by atoms with Crippen LogP contribution >= 0.6 is 11.6 Å². The van der Waals surface area contributed by atoms with E-state index in [0.717, 1.165) is 23.2 Å². The summed E-state index contributed by atoms with van der Waals surface area (Å²) in [6.45, 7) is 3.13. The van der Waals surface area contributed by atoms with E-state index < -0.39 is 0 Å². The molecule has 0 amide bonds. The predicted octanol–water partition coefficient (Wildman–Crippen LogP) is 3.03. The van der Waals surface area contributed by atoms with E-state index in [-0.39, 0.29) is 5.54 Å². The van der Waals surface area contributed by atoms with Gasteiger partial charge in [-0.1, -0.05) is 18.5 Å². The van der Waals surface area contributed by atoms with Crippen LogP contribution in [-0.2, 0) is 0 Å². The molecule has 0 saturated heterocycles. The zero-order chi connectivity index (χ0) is 12.8. The van der Waals surface area contributed by atoms with Crippen molar-refractivity contribution < 1.29 is 0 Å². The van der Waals surface area contributed by atoms with Gasteiger partial charge in [0.25, 0.3) is 0 Å². The van der Waals surface area contributed by atoms with Crippen molar-refractivity contribution in [1.29, 1.82) is 0 Å². The molecule has 0 aromatic heterocycles. The summed E-state index contributed by atoms with van der Waals surface area (Å²) < 4.78 is 0. The minimum atomic E-state index is 0.108. The first-order valence-electron chi connectivity index (χ1n) is 6.46. The maximum Gasteiger partial charge on any atom is 0.196 e. The average molecular weight is 264 g/mol. The Balaban J connectivity index is 1.97. The largest absolute Gasteiger partial charge is 0.369 e. The number of guanidine groups is 1. The number of nitrogens with two attached hydrogens (primary N) is 1. The Morgan fingerprint density at radius 1 is 1.39 bits per heavy atom. The van der Waals surface area contributed by atoms with Gasteiger partial charge in [0.2, 0.25) is 0 Å². The Morgan fingerprint density at radius 2 is 2.11 bits per heavy atom. The van der Waals surface area contributed by atoms with Crippen LogP contribution in [0.25, 0.3) is 0 Å². The number of hydrogen-bond donors (Lipinski definition) is 1. The standard InChI is InChI=1S/C14H18ClN3/c1-10-6-7-14(8-10)9-17-13(16)18(14)12-4-2-11(15)3-5-12/h2-5,10H,6-9H2,1H3,(H2,16,17). The third kappa shape index (κ3) is 1.77. The van der Waals surface area contributed by atoms with Crippen molar-refractivity contribution in [2.45, 2.75) is 31.7 Å². The predicted molar refractivity (Wildman–Crippen MR) is 76.2 cm³/mol. The monoisotopic (exact) mass is 263 g/mol. The first kappa shape index (κ1) is 11.8. The third-order valence-corrected chi connectivity index (χ3v) is 4.41. The summed E-state index contributed by atoms with van der Waals surface area (Å²) in [5.74, 6) is 1.40. The van der Waals surface area contributed by atoms with E-state index in [4.69, 9.17) is 17.3 Å². The van der Waals surface area contributed by atoms with Crippen molar-refractivity contribution in [3.8, 4) is 0 Å². The van der Waals surface area contributed by atoms with E-state index >= 15 is 0 Å². The summed E-state index contributed by atoms with van der Waals surface area (Å²) in [6, 6.07) is 7.88. The lowest BCUT2D eigenvalue weighted by Crippen LogP contribution is -2.50. The molecular formula is C14H18ClN3. The van der Waals surface area contributed by atoms with Gasteiger partial charge in [-0.3, -0.25) is 4.99 Å². The van der Waals surface area contributed by atoms with E-state index in [1.165, 1.54) is 19.3 Å². The van der Waals surface area contributed by atoms with Crippen molar-refractivity contribution in [1.82, 2.24) is 0 Å². The Kier molecular flexibility index (Phi) is 2.74. The zero-order valence-electron chi connectivity index (χ0n) is 10.6. The number of aliphatic imine (C=N–C) groups is 1. The number of hydrogen-bond acceptors (Lipinski definition) is 3. The van der Waals surface area contributed by atoms with Gasteiger partial charge in [-0.15, -0.1) is 0 Å². The Labute approximate surface area is 113 Å². The fourth-order valence-corrected chi connectivity index (χ4v) is 3.45. The first-order valence-corrected chi connectivity index (χ1v) is 6.84. The van der Waals surface area contributed by atoms with Crippen LogP contribution in [0.5, 0.6) is 0 Å². The van der Waals surface area contributed by atoms with Crippen molar-refractivity contribution in [2.24, 2.45) is 16.6 Å². The SMILES string of the molecule is CC1CCC2(CN=C(N)N2c2ccc(Cl)cc2)C1. The fourth-order valence-electron chi connectivity index (χ4n) is 3.32. The highest BCUT2D eigenvalue weighted by Gasteiger charge is 2.47. The molecule has 3 rings (SSSR count). The summed E-state index contributed by atoms with van der Waals surface area (Å²) in [5, 5.41) is 0.752. The molecule has 1 aliphatic heterocycles. The lowest BCUT2D eigenvalue weighted by molar-refractivity contribution is 0.452. The lowest BCUT2D eigenvalue weighted by atomic mass is 9.94. The summed E-state index contributed by atoms with van der Waals surface area (Å²) in [6.07, 6.45) is 3.59.